The molecule has 138 valence electrons. The normalized spacial score (nSPS) is 11.9. The molecule has 0 radical (unpaired) electrons. The van der Waals surface area contributed by atoms with Gasteiger partial charge in [0.05, 0.1) is 32.7 Å². The summed E-state index contributed by atoms with van der Waals surface area (Å²) in [4.78, 5) is 23.5. The van der Waals surface area contributed by atoms with Crippen LogP contribution in [0.15, 0.2) is 42.5 Å². The van der Waals surface area contributed by atoms with Crippen LogP contribution in [0.4, 0.5) is 11.4 Å². The lowest BCUT2D eigenvalue weighted by atomic mass is 10.0. The number of nitrogens with zero attached hydrogens (tertiary/aromatic N) is 1. The smallest absolute Gasteiger partial charge is 0.293 e. The Kier molecular flexibility index (Phi) is 6.30. The molecule has 26 heavy (non-hydrogen) atoms. The topological polar surface area (TPSA) is 85.9 Å². The van der Waals surface area contributed by atoms with Gasteiger partial charge in [0.25, 0.3) is 5.69 Å². The minimum absolute atomic E-state index is 0.0668. The number of likely N-dealkylation sites (N-methyl/N-ethyl adjacent to an activating group) is 1. The zero-order valence-electron chi connectivity index (χ0n) is 15.4. The van der Waals surface area contributed by atoms with Gasteiger partial charge < -0.3 is 15.0 Å². The van der Waals surface area contributed by atoms with Crippen molar-refractivity contribution in [2.45, 2.75) is 13.0 Å². The number of benzene rings is 2. The molecule has 0 saturated carbocycles. The fourth-order valence-corrected chi connectivity index (χ4v) is 2.78. The van der Waals surface area contributed by atoms with Crippen LogP contribution in [0.1, 0.15) is 28.9 Å². The Morgan fingerprint density at radius 3 is 2.58 bits per heavy atom. The third-order valence-corrected chi connectivity index (χ3v) is 4.29. The number of ether oxygens (including phenoxy) is 1. The number of rotatable bonds is 8. The van der Waals surface area contributed by atoms with Crippen LogP contribution in [0.2, 0.25) is 0 Å². The quantitative estimate of drug-likeness (QED) is 0.429. The van der Waals surface area contributed by atoms with Crippen LogP contribution in [0, 0.1) is 10.1 Å². The van der Waals surface area contributed by atoms with Gasteiger partial charge in [0.15, 0.2) is 5.78 Å². The summed E-state index contributed by atoms with van der Waals surface area (Å²) in [7, 11) is 5.67. The van der Waals surface area contributed by atoms with Crippen molar-refractivity contribution in [1.29, 1.82) is 0 Å². The predicted molar refractivity (Wildman–Crippen MR) is 100 cm³/mol. The summed E-state index contributed by atoms with van der Waals surface area (Å²) in [5.41, 5.74) is 1.69. The Morgan fingerprint density at radius 1 is 1.27 bits per heavy atom. The Hall–Kier alpha value is -2.93. The lowest BCUT2D eigenvalue weighted by molar-refractivity contribution is -0.890. The molecule has 0 fully saturated rings. The summed E-state index contributed by atoms with van der Waals surface area (Å²) < 4.78 is 5.28. The van der Waals surface area contributed by atoms with Crippen molar-refractivity contribution in [1.82, 2.24) is 0 Å². The average molecular weight is 358 g/mol. The number of methoxy groups -OCH3 is 1. The van der Waals surface area contributed by atoms with Crippen molar-refractivity contribution in [2.24, 2.45) is 0 Å². The van der Waals surface area contributed by atoms with Crippen molar-refractivity contribution in [3.05, 3.63) is 63.7 Å². The molecule has 2 rings (SSSR count). The number of carbonyl (C=O) groups is 1. The second kappa shape index (κ2) is 8.44. The average Bonchev–Trinajstić information content (AvgIpc) is 2.61. The monoisotopic (exact) mass is 358 g/mol. The van der Waals surface area contributed by atoms with E-state index in [1.165, 1.54) is 17.9 Å². The summed E-state index contributed by atoms with van der Waals surface area (Å²) >= 11 is 0. The minimum atomic E-state index is -0.474. The fraction of sp³-hybridized carbons (Fsp3) is 0.316. The van der Waals surface area contributed by atoms with Crippen molar-refractivity contribution >= 4 is 17.2 Å². The SMILES string of the molecule is COc1cccc([C@H](CNc2ccc(C(C)=O)cc2[N+](=O)[O-])[NH+](C)C)c1. The lowest BCUT2D eigenvalue weighted by Crippen LogP contribution is -3.06. The zero-order valence-corrected chi connectivity index (χ0v) is 15.4. The van der Waals surface area contributed by atoms with Crippen LogP contribution in [0.3, 0.4) is 0 Å². The Bertz CT molecular complexity index is 805. The molecule has 1 atom stereocenters. The first kappa shape index (κ1) is 19.4. The molecular formula is C19H24N3O4+. The molecule has 0 unspecified atom stereocenters. The highest BCUT2D eigenvalue weighted by Gasteiger charge is 2.21. The van der Waals surface area contributed by atoms with Gasteiger partial charge in [0.1, 0.15) is 17.5 Å². The number of nitro groups is 1. The number of anilines is 1. The standard InChI is InChI=1S/C19H23N3O4/c1-13(23)14-8-9-17(18(11-14)22(24)25)20-12-19(21(2)3)15-6-5-7-16(10-15)26-4/h5-11,19-20H,12H2,1-4H3/p+1/t19-/m0/s1. The van der Waals surface area contributed by atoms with Crippen molar-refractivity contribution in [2.75, 3.05) is 33.1 Å². The molecule has 7 heteroatoms. The molecule has 7 nitrogen and oxygen atoms in total. The van der Waals surface area contributed by atoms with Crippen LogP contribution >= 0.6 is 0 Å². The highest BCUT2D eigenvalue weighted by Crippen LogP contribution is 2.27. The van der Waals surface area contributed by atoms with E-state index >= 15 is 0 Å². The number of ketones is 1. The number of hydrogen-bond donors (Lipinski definition) is 2. The van der Waals surface area contributed by atoms with Crippen LogP contribution in [0.5, 0.6) is 5.75 Å². The highest BCUT2D eigenvalue weighted by atomic mass is 16.6. The molecule has 0 aliphatic rings. The van der Waals surface area contributed by atoms with Gasteiger partial charge in [-0.15, -0.1) is 0 Å². The van der Waals surface area contributed by atoms with Gasteiger partial charge in [0, 0.05) is 17.2 Å². The summed E-state index contributed by atoms with van der Waals surface area (Å²) in [6, 6.07) is 12.3. The number of nitrogens with one attached hydrogen (secondary N) is 2. The van der Waals surface area contributed by atoms with Crippen LogP contribution in [-0.2, 0) is 0 Å². The van der Waals surface area contributed by atoms with Gasteiger partial charge in [-0.05, 0) is 31.2 Å². The molecule has 0 heterocycles. The summed E-state index contributed by atoms with van der Waals surface area (Å²) in [6.45, 7) is 1.89. The van der Waals surface area contributed by atoms with Gasteiger partial charge in [0.2, 0.25) is 0 Å². The molecule has 2 N–H and O–H groups in total. The van der Waals surface area contributed by atoms with E-state index in [0.29, 0.717) is 17.8 Å². The van der Waals surface area contributed by atoms with Crippen LogP contribution < -0.4 is 15.0 Å². The molecule has 0 saturated heterocycles. The maximum absolute atomic E-state index is 11.5. The Morgan fingerprint density at radius 2 is 2.00 bits per heavy atom. The molecule has 0 amide bonds. The number of carbonyl (C=O) groups excluding carboxylic acids is 1. The molecular weight excluding hydrogens is 334 g/mol. The Balaban J connectivity index is 2.26. The minimum Gasteiger partial charge on any atom is -0.497 e. The second-order valence-corrected chi connectivity index (χ2v) is 6.33. The van der Waals surface area contributed by atoms with E-state index in [4.69, 9.17) is 4.74 Å². The molecule has 0 spiro atoms. The fourth-order valence-electron chi connectivity index (χ4n) is 2.78. The number of quaternary nitrogens is 1. The second-order valence-electron chi connectivity index (χ2n) is 6.33. The highest BCUT2D eigenvalue weighted by molar-refractivity contribution is 5.95. The van der Waals surface area contributed by atoms with Gasteiger partial charge in [-0.25, -0.2) is 0 Å². The van der Waals surface area contributed by atoms with Crippen molar-refractivity contribution in [3.8, 4) is 5.75 Å². The molecule has 0 aromatic heterocycles. The molecule has 0 bridgehead atoms. The summed E-state index contributed by atoms with van der Waals surface area (Å²) in [6.07, 6.45) is 0. The zero-order chi connectivity index (χ0) is 19.3. The first-order chi connectivity index (χ1) is 12.3. The van der Waals surface area contributed by atoms with Gasteiger partial charge in [-0.2, -0.15) is 0 Å². The van der Waals surface area contributed by atoms with E-state index in [2.05, 4.69) is 5.32 Å². The van der Waals surface area contributed by atoms with Crippen molar-refractivity contribution in [3.63, 3.8) is 0 Å². The van der Waals surface area contributed by atoms with Gasteiger partial charge in [-0.1, -0.05) is 12.1 Å². The van der Waals surface area contributed by atoms with Crippen LogP contribution in [-0.4, -0.2) is 38.5 Å². The van der Waals surface area contributed by atoms with E-state index < -0.39 is 4.92 Å². The van der Waals surface area contributed by atoms with Gasteiger partial charge in [-0.3, -0.25) is 14.9 Å². The maximum atomic E-state index is 11.5. The third kappa shape index (κ3) is 4.58. The number of nitro benzene ring substituents is 1. The van der Waals surface area contributed by atoms with E-state index in [0.717, 1.165) is 11.3 Å². The van der Waals surface area contributed by atoms with Crippen molar-refractivity contribution < 1.29 is 19.4 Å². The third-order valence-electron chi connectivity index (χ3n) is 4.29. The molecule has 2 aromatic rings. The van der Waals surface area contributed by atoms with Crippen LogP contribution in [0.25, 0.3) is 0 Å². The first-order valence-electron chi connectivity index (χ1n) is 8.30. The predicted octanol–water partition coefficient (Wildman–Crippen LogP) is 2.10. The summed E-state index contributed by atoms with van der Waals surface area (Å²) in [5, 5.41) is 14.5. The van der Waals surface area contributed by atoms with E-state index in [1.54, 1.807) is 19.2 Å². The Labute approximate surface area is 152 Å². The molecule has 0 aliphatic heterocycles. The first-order valence-corrected chi connectivity index (χ1v) is 8.30. The van der Waals surface area contributed by atoms with E-state index in [1.807, 2.05) is 38.4 Å². The number of hydrogen-bond acceptors (Lipinski definition) is 5. The number of Topliss-reactive ketones (excluding diaryl/α,β-unsaturated/α-hetero) is 1. The molecule has 2 aromatic carbocycles. The largest absolute Gasteiger partial charge is 0.497 e. The maximum Gasteiger partial charge on any atom is 0.293 e. The van der Waals surface area contributed by atoms with E-state index in [-0.39, 0.29) is 17.5 Å². The molecule has 0 aliphatic carbocycles. The summed E-state index contributed by atoms with van der Waals surface area (Å²) in [5.74, 6) is 0.567. The van der Waals surface area contributed by atoms with Gasteiger partial charge >= 0.3 is 0 Å². The lowest BCUT2D eigenvalue weighted by Gasteiger charge is -2.23. The van der Waals surface area contributed by atoms with E-state index in [9.17, 15) is 14.9 Å².